The summed E-state index contributed by atoms with van der Waals surface area (Å²) >= 11 is 0. The van der Waals surface area contributed by atoms with Gasteiger partial charge >= 0.3 is 0 Å². The lowest BCUT2D eigenvalue weighted by atomic mass is 10.1. The molecule has 0 unspecified atom stereocenters. The number of rotatable bonds is 5. The molecule has 24 heavy (non-hydrogen) atoms. The SMILES string of the molecule is C#CCOc1ccc(NC(=O)c2cc(-c3ccccc3)no2)cc1. The van der Waals surface area contributed by atoms with Crippen LogP contribution in [-0.4, -0.2) is 17.7 Å². The van der Waals surface area contributed by atoms with Crippen LogP contribution in [0.25, 0.3) is 11.3 Å². The number of hydrogen-bond donors (Lipinski definition) is 1. The van der Waals surface area contributed by atoms with Crippen LogP contribution in [0.2, 0.25) is 0 Å². The van der Waals surface area contributed by atoms with Crippen molar-refractivity contribution in [1.29, 1.82) is 0 Å². The maximum absolute atomic E-state index is 12.2. The zero-order valence-corrected chi connectivity index (χ0v) is 12.7. The number of aromatic nitrogens is 1. The standard InChI is InChI=1S/C19H14N2O3/c1-2-12-23-16-10-8-15(9-11-16)20-19(22)18-13-17(21-24-18)14-6-4-3-5-7-14/h1,3-11,13H,12H2,(H,20,22). The molecule has 0 atom stereocenters. The van der Waals surface area contributed by atoms with Gasteiger partial charge in [0.05, 0.1) is 0 Å². The van der Waals surface area contributed by atoms with Crippen LogP contribution in [-0.2, 0) is 0 Å². The van der Waals surface area contributed by atoms with E-state index in [2.05, 4.69) is 16.4 Å². The van der Waals surface area contributed by atoms with Crippen LogP contribution in [0.15, 0.2) is 65.2 Å². The Morgan fingerprint density at radius 2 is 1.92 bits per heavy atom. The molecular formula is C19H14N2O3. The van der Waals surface area contributed by atoms with Crippen LogP contribution in [0.1, 0.15) is 10.6 Å². The fourth-order valence-corrected chi connectivity index (χ4v) is 2.08. The van der Waals surface area contributed by atoms with Gasteiger partial charge in [-0.15, -0.1) is 6.42 Å². The summed E-state index contributed by atoms with van der Waals surface area (Å²) in [4.78, 5) is 12.2. The number of nitrogens with zero attached hydrogens (tertiary/aromatic N) is 1. The van der Waals surface area contributed by atoms with Crippen molar-refractivity contribution in [2.45, 2.75) is 0 Å². The second-order valence-corrected chi connectivity index (χ2v) is 4.91. The Morgan fingerprint density at radius 3 is 2.62 bits per heavy atom. The molecule has 3 aromatic rings. The van der Waals surface area contributed by atoms with Crippen LogP contribution in [0.5, 0.6) is 5.75 Å². The van der Waals surface area contributed by atoms with Gasteiger partial charge in [-0.3, -0.25) is 4.79 Å². The first-order valence-electron chi connectivity index (χ1n) is 7.26. The van der Waals surface area contributed by atoms with Crippen molar-refractivity contribution in [1.82, 2.24) is 5.16 Å². The largest absolute Gasteiger partial charge is 0.481 e. The Bertz CT molecular complexity index is 862. The second kappa shape index (κ2) is 7.16. The van der Waals surface area contributed by atoms with Crippen LogP contribution in [0.3, 0.4) is 0 Å². The summed E-state index contributed by atoms with van der Waals surface area (Å²) in [5.41, 5.74) is 2.11. The summed E-state index contributed by atoms with van der Waals surface area (Å²) in [6.07, 6.45) is 5.13. The lowest BCUT2D eigenvalue weighted by Gasteiger charge is -2.05. The first-order chi connectivity index (χ1) is 11.8. The van der Waals surface area contributed by atoms with Crippen molar-refractivity contribution in [3.05, 3.63) is 66.4 Å². The molecule has 0 spiro atoms. The van der Waals surface area contributed by atoms with Crippen molar-refractivity contribution in [2.24, 2.45) is 0 Å². The third kappa shape index (κ3) is 3.62. The summed E-state index contributed by atoms with van der Waals surface area (Å²) in [5, 5.41) is 6.66. The Hall–Kier alpha value is -3.52. The van der Waals surface area contributed by atoms with Crippen LogP contribution >= 0.6 is 0 Å². The van der Waals surface area contributed by atoms with Gasteiger partial charge in [-0.1, -0.05) is 41.4 Å². The number of benzene rings is 2. The van der Waals surface area contributed by atoms with E-state index in [4.69, 9.17) is 15.7 Å². The number of amides is 1. The van der Waals surface area contributed by atoms with Crippen molar-refractivity contribution >= 4 is 11.6 Å². The molecule has 0 aliphatic rings. The fourth-order valence-electron chi connectivity index (χ4n) is 2.08. The number of nitrogens with one attached hydrogen (secondary N) is 1. The number of carbonyl (C=O) groups is 1. The Balaban J connectivity index is 1.67. The number of carbonyl (C=O) groups excluding carboxylic acids is 1. The predicted molar refractivity (Wildman–Crippen MR) is 90.7 cm³/mol. The molecule has 2 aromatic carbocycles. The average Bonchev–Trinajstić information content (AvgIpc) is 3.12. The van der Waals surface area contributed by atoms with Crippen molar-refractivity contribution in [2.75, 3.05) is 11.9 Å². The molecule has 3 rings (SSSR count). The van der Waals surface area contributed by atoms with E-state index >= 15 is 0 Å². The molecule has 1 N–H and O–H groups in total. The molecule has 0 bridgehead atoms. The topological polar surface area (TPSA) is 64.4 Å². The van der Waals surface area contributed by atoms with Crippen molar-refractivity contribution < 1.29 is 14.1 Å². The van der Waals surface area contributed by atoms with Gasteiger partial charge in [-0.2, -0.15) is 0 Å². The number of ether oxygens (including phenoxy) is 1. The molecule has 118 valence electrons. The lowest BCUT2D eigenvalue weighted by Crippen LogP contribution is -2.10. The van der Waals surface area contributed by atoms with E-state index < -0.39 is 0 Å². The smallest absolute Gasteiger partial charge is 0.294 e. The molecule has 0 saturated carbocycles. The summed E-state index contributed by atoms with van der Waals surface area (Å²) in [7, 11) is 0. The number of hydrogen-bond acceptors (Lipinski definition) is 4. The number of anilines is 1. The zero-order valence-electron chi connectivity index (χ0n) is 12.7. The van der Waals surface area contributed by atoms with Gasteiger partial charge < -0.3 is 14.6 Å². The molecule has 0 radical (unpaired) electrons. The lowest BCUT2D eigenvalue weighted by molar-refractivity contribution is 0.0988. The Morgan fingerprint density at radius 1 is 1.17 bits per heavy atom. The molecule has 0 aliphatic heterocycles. The molecule has 0 fully saturated rings. The maximum atomic E-state index is 12.2. The van der Waals surface area contributed by atoms with Gasteiger partial charge in [-0.05, 0) is 24.3 Å². The minimum absolute atomic E-state index is 0.140. The highest BCUT2D eigenvalue weighted by molar-refractivity contribution is 6.02. The van der Waals surface area contributed by atoms with E-state index in [1.165, 1.54) is 0 Å². The predicted octanol–water partition coefficient (Wildman–Crippen LogP) is 3.61. The van der Waals surface area contributed by atoms with E-state index in [9.17, 15) is 4.79 Å². The maximum Gasteiger partial charge on any atom is 0.294 e. The van der Waals surface area contributed by atoms with Crippen LogP contribution in [0.4, 0.5) is 5.69 Å². The first kappa shape index (κ1) is 15.4. The van der Waals surface area contributed by atoms with E-state index in [0.29, 0.717) is 17.1 Å². The van der Waals surface area contributed by atoms with Gasteiger partial charge in [0.15, 0.2) is 0 Å². The third-order valence-electron chi connectivity index (χ3n) is 3.24. The van der Waals surface area contributed by atoms with E-state index in [1.54, 1.807) is 30.3 Å². The molecular weight excluding hydrogens is 304 g/mol. The molecule has 1 heterocycles. The van der Waals surface area contributed by atoms with Gasteiger partial charge in [0.25, 0.3) is 5.91 Å². The fraction of sp³-hybridized carbons (Fsp3) is 0.0526. The molecule has 0 saturated heterocycles. The second-order valence-electron chi connectivity index (χ2n) is 4.91. The van der Waals surface area contributed by atoms with Crippen molar-refractivity contribution in [3.63, 3.8) is 0 Å². The normalized spacial score (nSPS) is 9.96. The highest BCUT2D eigenvalue weighted by Crippen LogP contribution is 2.20. The Labute approximate surface area is 139 Å². The highest BCUT2D eigenvalue weighted by Gasteiger charge is 2.14. The van der Waals surface area contributed by atoms with Gasteiger partial charge in [0.1, 0.15) is 18.1 Å². The van der Waals surface area contributed by atoms with Gasteiger partial charge in [0.2, 0.25) is 5.76 Å². The zero-order chi connectivity index (χ0) is 16.8. The summed E-state index contributed by atoms with van der Waals surface area (Å²) in [5.74, 6) is 2.79. The first-order valence-corrected chi connectivity index (χ1v) is 7.26. The van der Waals surface area contributed by atoms with Gasteiger partial charge in [-0.25, -0.2) is 0 Å². The van der Waals surface area contributed by atoms with Gasteiger partial charge in [0, 0.05) is 17.3 Å². The van der Waals surface area contributed by atoms with Crippen LogP contribution in [0, 0.1) is 12.3 Å². The summed E-state index contributed by atoms with van der Waals surface area (Å²) in [6.45, 7) is 0.200. The molecule has 1 amide bonds. The molecule has 0 aliphatic carbocycles. The molecule has 1 aromatic heterocycles. The van der Waals surface area contributed by atoms with E-state index in [0.717, 1.165) is 5.56 Å². The average molecular weight is 318 g/mol. The Kier molecular flexibility index (Phi) is 4.59. The van der Waals surface area contributed by atoms with E-state index in [-0.39, 0.29) is 18.3 Å². The van der Waals surface area contributed by atoms with E-state index in [1.807, 2.05) is 30.3 Å². The number of terminal acetylenes is 1. The third-order valence-corrected chi connectivity index (χ3v) is 3.24. The monoisotopic (exact) mass is 318 g/mol. The molecule has 5 nitrogen and oxygen atoms in total. The summed E-state index contributed by atoms with van der Waals surface area (Å²) < 4.78 is 10.4. The quantitative estimate of drug-likeness (QED) is 0.730. The minimum Gasteiger partial charge on any atom is -0.481 e. The van der Waals surface area contributed by atoms with Crippen LogP contribution < -0.4 is 10.1 Å². The van der Waals surface area contributed by atoms with Crippen molar-refractivity contribution in [3.8, 4) is 29.4 Å². The minimum atomic E-state index is -0.373. The molecule has 5 heteroatoms. The highest BCUT2D eigenvalue weighted by atomic mass is 16.5. The summed E-state index contributed by atoms with van der Waals surface area (Å²) in [6, 6.07) is 18.0.